The van der Waals surface area contributed by atoms with Crippen LogP contribution in [0.3, 0.4) is 0 Å². The van der Waals surface area contributed by atoms with Crippen LogP contribution in [-0.2, 0) is 4.74 Å². The number of rotatable bonds is 8. The molecule has 0 aromatic carbocycles. The van der Waals surface area contributed by atoms with Crippen molar-refractivity contribution < 1.29 is 4.74 Å². The molecule has 0 unspecified atom stereocenters. The summed E-state index contributed by atoms with van der Waals surface area (Å²) in [7, 11) is 0. The number of nitrogens with one attached hydrogen (secondary N) is 1. The molecule has 13 heavy (non-hydrogen) atoms. The first-order chi connectivity index (χ1) is 6.27. The van der Waals surface area contributed by atoms with E-state index in [1.54, 1.807) is 0 Å². The molecule has 0 radical (unpaired) electrons. The molecular weight excluding hydrogens is 162 g/mol. The second-order valence-electron chi connectivity index (χ2n) is 3.46. The van der Waals surface area contributed by atoms with Gasteiger partial charge in [-0.1, -0.05) is 26.0 Å². The van der Waals surface area contributed by atoms with E-state index in [4.69, 9.17) is 4.74 Å². The minimum absolute atomic E-state index is 0.601. The first-order valence-electron chi connectivity index (χ1n) is 5.19. The highest BCUT2D eigenvalue weighted by atomic mass is 16.5. The van der Waals surface area contributed by atoms with Gasteiger partial charge in [0.1, 0.15) is 0 Å². The molecule has 0 aromatic heterocycles. The van der Waals surface area contributed by atoms with Crippen molar-refractivity contribution >= 4 is 0 Å². The van der Waals surface area contributed by atoms with Gasteiger partial charge in [-0.3, -0.25) is 0 Å². The van der Waals surface area contributed by atoms with Crippen molar-refractivity contribution in [1.82, 2.24) is 5.32 Å². The maximum atomic E-state index is 5.37. The third-order valence-corrected chi connectivity index (χ3v) is 1.72. The standard InChI is InChI=1S/C11H23NO/c1-4-5-9-13-10-7-6-8-12-11(2)3/h4-5,11-12H,6-10H2,1-3H3. The van der Waals surface area contributed by atoms with Gasteiger partial charge in [-0.2, -0.15) is 0 Å². The number of ether oxygens (including phenoxy) is 1. The fourth-order valence-electron chi connectivity index (χ4n) is 0.967. The molecule has 0 rings (SSSR count). The molecule has 0 aliphatic rings. The third kappa shape index (κ3) is 11.7. The Labute approximate surface area is 82.4 Å². The second-order valence-corrected chi connectivity index (χ2v) is 3.46. The molecule has 0 atom stereocenters. The van der Waals surface area contributed by atoms with E-state index in [0.29, 0.717) is 6.04 Å². The molecule has 0 amide bonds. The average molecular weight is 185 g/mol. The summed E-state index contributed by atoms with van der Waals surface area (Å²) >= 11 is 0. The van der Waals surface area contributed by atoms with Crippen LogP contribution in [0.4, 0.5) is 0 Å². The van der Waals surface area contributed by atoms with Crippen LogP contribution in [0.25, 0.3) is 0 Å². The summed E-state index contributed by atoms with van der Waals surface area (Å²) in [6, 6.07) is 0.601. The Bertz CT molecular complexity index is 121. The fourth-order valence-corrected chi connectivity index (χ4v) is 0.967. The Morgan fingerprint density at radius 3 is 2.69 bits per heavy atom. The maximum absolute atomic E-state index is 5.37. The molecule has 0 spiro atoms. The SMILES string of the molecule is CC=CCOCCCCNC(C)C. The minimum Gasteiger partial charge on any atom is -0.377 e. The molecule has 0 aliphatic carbocycles. The topological polar surface area (TPSA) is 21.3 Å². The summed E-state index contributed by atoms with van der Waals surface area (Å²) in [5.74, 6) is 0. The molecule has 0 saturated carbocycles. The van der Waals surface area contributed by atoms with Crippen molar-refractivity contribution in [3.63, 3.8) is 0 Å². The molecule has 0 fully saturated rings. The first-order valence-corrected chi connectivity index (χ1v) is 5.19. The van der Waals surface area contributed by atoms with Gasteiger partial charge in [-0.15, -0.1) is 0 Å². The summed E-state index contributed by atoms with van der Waals surface area (Å²) in [6.07, 6.45) is 6.40. The van der Waals surface area contributed by atoms with Crippen molar-refractivity contribution in [2.75, 3.05) is 19.8 Å². The van der Waals surface area contributed by atoms with Crippen LogP contribution in [0.5, 0.6) is 0 Å². The van der Waals surface area contributed by atoms with Crippen LogP contribution in [0.15, 0.2) is 12.2 Å². The first kappa shape index (κ1) is 12.7. The van der Waals surface area contributed by atoms with Gasteiger partial charge in [-0.05, 0) is 26.3 Å². The molecule has 78 valence electrons. The summed E-state index contributed by atoms with van der Waals surface area (Å²) < 4.78 is 5.37. The minimum atomic E-state index is 0.601. The van der Waals surface area contributed by atoms with E-state index in [-0.39, 0.29) is 0 Å². The van der Waals surface area contributed by atoms with Gasteiger partial charge >= 0.3 is 0 Å². The van der Waals surface area contributed by atoms with Crippen LogP contribution in [0.2, 0.25) is 0 Å². The summed E-state index contributed by atoms with van der Waals surface area (Å²) in [6.45, 7) is 9.09. The molecule has 2 heteroatoms. The Hall–Kier alpha value is -0.340. The van der Waals surface area contributed by atoms with Crippen molar-refractivity contribution in [3.8, 4) is 0 Å². The number of allylic oxidation sites excluding steroid dienone is 1. The lowest BCUT2D eigenvalue weighted by Crippen LogP contribution is -2.23. The van der Waals surface area contributed by atoms with E-state index >= 15 is 0 Å². The van der Waals surface area contributed by atoms with Gasteiger partial charge in [0.25, 0.3) is 0 Å². The van der Waals surface area contributed by atoms with E-state index in [0.717, 1.165) is 26.2 Å². The molecular formula is C11H23NO. The fraction of sp³-hybridized carbons (Fsp3) is 0.818. The largest absolute Gasteiger partial charge is 0.377 e. The van der Waals surface area contributed by atoms with E-state index in [1.165, 1.54) is 6.42 Å². The number of hydrogen-bond donors (Lipinski definition) is 1. The van der Waals surface area contributed by atoms with Gasteiger partial charge < -0.3 is 10.1 Å². The summed E-state index contributed by atoms with van der Waals surface area (Å²) in [4.78, 5) is 0. The second kappa shape index (κ2) is 9.75. The van der Waals surface area contributed by atoms with Gasteiger partial charge in [-0.25, -0.2) is 0 Å². The van der Waals surface area contributed by atoms with Crippen molar-refractivity contribution in [3.05, 3.63) is 12.2 Å². The van der Waals surface area contributed by atoms with Crippen molar-refractivity contribution in [1.29, 1.82) is 0 Å². The van der Waals surface area contributed by atoms with Crippen LogP contribution >= 0.6 is 0 Å². The lowest BCUT2D eigenvalue weighted by Gasteiger charge is -2.07. The maximum Gasteiger partial charge on any atom is 0.0647 e. The Morgan fingerprint density at radius 1 is 1.31 bits per heavy atom. The Morgan fingerprint density at radius 2 is 2.08 bits per heavy atom. The molecule has 0 saturated heterocycles. The number of unbranched alkanes of at least 4 members (excludes halogenated alkanes) is 1. The van der Waals surface area contributed by atoms with E-state index in [2.05, 4.69) is 19.2 Å². The van der Waals surface area contributed by atoms with Crippen molar-refractivity contribution in [2.45, 2.75) is 39.7 Å². The van der Waals surface area contributed by atoms with Gasteiger partial charge in [0, 0.05) is 12.6 Å². The highest BCUT2D eigenvalue weighted by Gasteiger charge is 1.91. The van der Waals surface area contributed by atoms with E-state index < -0.39 is 0 Å². The number of hydrogen-bond acceptors (Lipinski definition) is 2. The normalized spacial score (nSPS) is 11.7. The van der Waals surface area contributed by atoms with Crippen LogP contribution in [0.1, 0.15) is 33.6 Å². The molecule has 1 N–H and O–H groups in total. The molecule has 0 bridgehead atoms. The van der Waals surface area contributed by atoms with Gasteiger partial charge in [0.15, 0.2) is 0 Å². The van der Waals surface area contributed by atoms with Crippen LogP contribution in [0, 0.1) is 0 Å². The molecule has 0 aliphatic heterocycles. The lowest BCUT2D eigenvalue weighted by molar-refractivity contribution is 0.157. The average Bonchev–Trinajstić information content (AvgIpc) is 2.09. The quantitative estimate of drug-likeness (QED) is 0.463. The predicted molar refractivity (Wildman–Crippen MR) is 58.0 cm³/mol. The smallest absolute Gasteiger partial charge is 0.0647 e. The highest BCUT2D eigenvalue weighted by Crippen LogP contribution is 1.90. The zero-order chi connectivity index (χ0) is 9.94. The predicted octanol–water partition coefficient (Wildman–Crippen LogP) is 2.36. The summed E-state index contributed by atoms with van der Waals surface area (Å²) in [5, 5.41) is 3.38. The zero-order valence-electron chi connectivity index (χ0n) is 9.18. The third-order valence-electron chi connectivity index (χ3n) is 1.72. The van der Waals surface area contributed by atoms with Crippen LogP contribution < -0.4 is 5.32 Å². The monoisotopic (exact) mass is 185 g/mol. The van der Waals surface area contributed by atoms with Gasteiger partial charge in [0.05, 0.1) is 6.61 Å². The Balaban J connectivity index is 2.91. The summed E-state index contributed by atoms with van der Waals surface area (Å²) in [5.41, 5.74) is 0. The van der Waals surface area contributed by atoms with E-state index in [1.807, 2.05) is 19.1 Å². The zero-order valence-corrected chi connectivity index (χ0v) is 9.18. The lowest BCUT2D eigenvalue weighted by atomic mass is 10.3. The van der Waals surface area contributed by atoms with Crippen molar-refractivity contribution in [2.24, 2.45) is 0 Å². The Kier molecular flexibility index (Phi) is 9.49. The molecule has 0 heterocycles. The highest BCUT2D eigenvalue weighted by molar-refractivity contribution is 4.75. The van der Waals surface area contributed by atoms with E-state index in [9.17, 15) is 0 Å². The molecule has 0 aromatic rings. The van der Waals surface area contributed by atoms with Crippen LogP contribution in [-0.4, -0.2) is 25.8 Å². The molecule has 2 nitrogen and oxygen atoms in total. The van der Waals surface area contributed by atoms with Gasteiger partial charge in [0.2, 0.25) is 0 Å².